The highest BCUT2D eigenvalue weighted by molar-refractivity contribution is 6.21. The molecule has 3 amide bonds. The molecule has 2 aliphatic rings. The smallest absolute Gasteiger partial charge is 0.419 e. The van der Waals surface area contributed by atoms with E-state index in [1.54, 1.807) is 0 Å². The van der Waals surface area contributed by atoms with Crippen molar-refractivity contribution in [1.82, 2.24) is 29.5 Å². The number of rotatable bonds is 7. The zero-order valence-electron chi connectivity index (χ0n) is 23.2. The second-order valence-corrected chi connectivity index (χ2v) is 10.7. The van der Waals surface area contributed by atoms with Gasteiger partial charge in [0, 0.05) is 29.1 Å². The molecule has 7 rings (SSSR count). The number of halogens is 5. The predicted octanol–water partition coefficient (Wildman–Crippen LogP) is 4.38. The fraction of sp³-hybridized carbons (Fsp3) is 0.207. The molecule has 1 fully saturated rings. The number of nitrogens with one attached hydrogen (secondary N) is 2. The van der Waals surface area contributed by atoms with Gasteiger partial charge in [-0.3, -0.25) is 34.2 Å². The number of carbonyl (C=O) groups is 4. The van der Waals surface area contributed by atoms with E-state index in [9.17, 15) is 36.7 Å². The van der Waals surface area contributed by atoms with Gasteiger partial charge in [0.25, 0.3) is 24.2 Å². The molecular formula is C29H18F5N7O5. The number of imide groups is 1. The second-order valence-electron chi connectivity index (χ2n) is 10.7. The highest BCUT2D eigenvalue weighted by atomic mass is 19.4. The SMILES string of the molecule is CC(c1c(F)c(C(F)(F)F)c(-c2cn3cc(NC(=O)[C@@]4(OC=O)C[C@@H]4F)nc3cn2)c2cn[nH]c12)N1C(=O)c2ccccc2C1=O. The van der Waals surface area contributed by atoms with E-state index in [4.69, 9.17) is 0 Å². The Labute approximate surface area is 253 Å². The minimum Gasteiger partial charge on any atom is -0.448 e. The second kappa shape index (κ2) is 9.88. The minimum absolute atomic E-state index is 0.0368. The normalized spacial score (nSPS) is 19.9. The number of ether oxygens (including phenoxy) is 1. The molecule has 17 heteroatoms. The molecule has 4 heterocycles. The van der Waals surface area contributed by atoms with Crippen LogP contribution in [0.5, 0.6) is 0 Å². The van der Waals surface area contributed by atoms with Crippen molar-refractivity contribution in [1.29, 1.82) is 0 Å². The molecular weight excluding hydrogens is 621 g/mol. The lowest BCUT2D eigenvalue weighted by Gasteiger charge is -2.26. The molecule has 3 atom stereocenters. The highest BCUT2D eigenvalue weighted by Crippen LogP contribution is 2.47. The van der Waals surface area contributed by atoms with E-state index in [1.165, 1.54) is 41.8 Å². The first-order valence-corrected chi connectivity index (χ1v) is 13.5. The molecule has 3 aromatic heterocycles. The van der Waals surface area contributed by atoms with Gasteiger partial charge >= 0.3 is 6.18 Å². The molecule has 46 heavy (non-hydrogen) atoms. The first-order valence-electron chi connectivity index (χ1n) is 13.5. The van der Waals surface area contributed by atoms with Crippen LogP contribution in [0.4, 0.5) is 27.8 Å². The van der Waals surface area contributed by atoms with Crippen LogP contribution in [0.1, 0.15) is 51.2 Å². The summed E-state index contributed by atoms with van der Waals surface area (Å²) in [6, 6.07) is 4.35. The van der Waals surface area contributed by atoms with E-state index in [-0.39, 0.29) is 52.1 Å². The van der Waals surface area contributed by atoms with Gasteiger partial charge in [-0.05, 0) is 19.1 Å². The number of fused-ring (bicyclic) bond motifs is 3. The number of alkyl halides is 4. The maximum absolute atomic E-state index is 16.3. The van der Waals surface area contributed by atoms with Crippen molar-refractivity contribution < 1.29 is 45.9 Å². The van der Waals surface area contributed by atoms with Crippen LogP contribution < -0.4 is 5.32 Å². The van der Waals surface area contributed by atoms with Gasteiger partial charge in [0.1, 0.15) is 11.4 Å². The fourth-order valence-electron chi connectivity index (χ4n) is 5.80. The average Bonchev–Trinajstić information content (AvgIpc) is 3.33. The van der Waals surface area contributed by atoms with Crippen LogP contribution in [0.2, 0.25) is 0 Å². The molecule has 1 aliphatic carbocycles. The lowest BCUT2D eigenvalue weighted by Crippen LogP contribution is -2.35. The Morgan fingerprint density at radius 3 is 2.46 bits per heavy atom. The summed E-state index contributed by atoms with van der Waals surface area (Å²) in [6.45, 7) is 1.18. The van der Waals surface area contributed by atoms with Crippen molar-refractivity contribution >= 4 is 46.6 Å². The maximum atomic E-state index is 16.3. The van der Waals surface area contributed by atoms with Gasteiger partial charge in [0.05, 0.1) is 47.0 Å². The first-order chi connectivity index (χ1) is 21.9. The van der Waals surface area contributed by atoms with E-state index < -0.39 is 64.2 Å². The fourth-order valence-corrected chi connectivity index (χ4v) is 5.80. The molecule has 1 aliphatic heterocycles. The predicted molar refractivity (Wildman–Crippen MR) is 146 cm³/mol. The number of imidazole rings is 1. The third-order valence-corrected chi connectivity index (χ3v) is 8.11. The molecule has 1 unspecified atom stereocenters. The minimum atomic E-state index is -5.29. The summed E-state index contributed by atoms with van der Waals surface area (Å²) < 4.78 is 80.1. The molecule has 2 N–H and O–H groups in total. The Morgan fingerprint density at radius 1 is 1.17 bits per heavy atom. The van der Waals surface area contributed by atoms with Crippen LogP contribution in [0.15, 0.2) is 49.1 Å². The van der Waals surface area contributed by atoms with E-state index >= 15 is 4.39 Å². The van der Waals surface area contributed by atoms with E-state index in [1.807, 2.05) is 0 Å². The van der Waals surface area contributed by atoms with Crippen molar-refractivity contribution in [2.75, 3.05) is 5.32 Å². The maximum Gasteiger partial charge on any atom is 0.419 e. The first kappa shape index (κ1) is 29.0. The largest absolute Gasteiger partial charge is 0.448 e. The number of carbonyl (C=O) groups excluding carboxylic acids is 4. The average molecular weight is 639 g/mol. The number of hydrogen-bond acceptors (Lipinski definition) is 8. The van der Waals surface area contributed by atoms with Crippen LogP contribution in [0, 0.1) is 5.82 Å². The van der Waals surface area contributed by atoms with Crippen LogP contribution in [0.25, 0.3) is 27.8 Å². The Kier molecular flexibility index (Phi) is 6.23. The number of aromatic nitrogens is 5. The molecule has 0 bridgehead atoms. The summed E-state index contributed by atoms with van der Waals surface area (Å²) >= 11 is 0. The summed E-state index contributed by atoms with van der Waals surface area (Å²) in [4.78, 5) is 58.4. The molecule has 234 valence electrons. The standard InChI is InChI=1S/C29H18F5N7O5/c1-12(41-25(43)13-4-2-3-5-14(13)26(41)44)20-23(31)22(29(32,33)34)21(15-7-36-39-24(15)20)16-9-40-10-18(37-19(40)8-35-16)38-27(45)28(46-11-42)6-17(28)30/h2-5,7-12,17H,6H2,1H3,(H,36,39)(H,38,45)/t12?,17-,28+/m0/s1. The van der Waals surface area contributed by atoms with Gasteiger partial charge in [-0.1, -0.05) is 12.1 Å². The van der Waals surface area contributed by atoms with Crippen molar-refractivity contribution in [2.24, 2.45) is 0 Å². The summed E-state index contributed by atoms with van der Waals surface area (Å²) in [5, 5.41) is 8.44. The monoisotopic (exact) mass is 639 g/mol. The number of hydrogen-bond donors (Lipinski definition) is 2. The quantitative estimate of drug-likeness (QED) is 0.151. The summed E-state index contributed by atoms with van der Waals surface area (Å²) in [6.07, 6.45) is -2.96. The van der Waals surface area contributed by atoms with Gasteiger partial charge in [-0.2, -0.15) is 18.3 Å². The van der Waals surface area contributed by atoms with Crippen LogP contribution in [0.3, 0.4) is 0 Å². The Morgan fingerprint density at radius 2 is 1.85 bits per heavy atom. The number of anilines is 1. The molecule has 12 nitrogen and oxygen atoms in total. The van der Waals surface area contributed by atoms with Gasteiger partial charge < -0.3 is 14.5 Å². The van der Waals surface area contributed by atoms with Gasteiger partial charge in [0.2, 0.25) is 5.60 Å². The third kappa shape index (κ3) is 4.14. The molecule has 2 aromatic carbocycles. The molecule has 0 spiro atoms. The zero-order valence-corrected chi connectivity index (χ0v) is 23.2. The van der Waals surface area contributed by atoms with Crippen LogP contribution >= 0.6 is 0 Å². The van der Waals surface area contributed by atoms with E-state index in [2.05, 4.69) is 30.2 Å². The number of amides is 3. The van der Waals surface area contributed by atoms with Crippen LogP contribution in [-0.4, -0.2) is 65.4 Å². The van der Waals surface area contributed by atoms with Crippen molar-refractivity contribution in [2.45, 2.75) is 37.3 Å². The Balaban J connectivity index is 1.33. The molecule has 0 saturated heterocycles. The zero-order chi connectivity index (χ0) is 32.7. The lowest BCUT2D eigenvalue weighted by molar-refractivity contribution is -0.146. The summed E-state index contributed by atoms with van der Waals surface area (Å²) in [5.74, 6) is -4.47. The summed E-state index contributed by atoms with van der Waals surface area (Å²) in [7, 11) is 0. The third-order valence-electron chi connectivity index (χ3n) is 8.11. The number of aromatic amines is 1. The van der Waals surface area contributed by atoms with E-state index in [0.717, 1.165) is 18.6 Å². The summed E-state index contributed by atoms with van der Waals surface area (Å²) in [5.41, 5.74) is -5.46. The number of H-pyrrole nitrogens is 1. The molecule has 1 saturated carbocycles. The van der Waals surface area contributed by atoms with Gasteiger partial charge in [0.15, 0.2) is 17.6 Å². The molecule has 5 aromatic rings. The Hall–Kier alpha value is -5.74. The number of nitrogens with zero attached hydrogens (tertiary/aromatic N) is 5. The van der Waals surface area contributed by atoms with Gasteiger partial charge in [-0.25, -0.2) is 13.8 Å². The van der Waals surface area contributed by atoms with E-state index in [0.29, 0.717) is 4.90 Å². The number of benzene rings is 2. The van der Waals surface area contributed by atoms with Crippen molar-refractivity contribution in [3.05, 3.63) is 77.1 Å². The Bertz CT molecular complexity index is 2110. The van der Waals surface area contributed by atoms with Crippen LogP contribution in [-0.2, 0) is 20.5 Å². The van der Waals surface area contributed by atoms with Crippen molar-refractivity contribution in [3.63, 3.8) is 0 Å². The lowest BCUT2D eigenvalue weighted by atomic mass is 9.92. The van der Waals surface area contributed by atoms with Gasteiger partial charge in [-0.15, -0.1) is 0 Å². The highest BCUT2D eigenvalue weighted by Gasteiger charge is 2.65. The van der Waals surface area contributed by atoms with Crippen molar-refractivity contribution in [3.8, 4) is 11.3 Å². The topological polar surface area (TPSA) is 152 Å². The molecule has 0 radical (unpaired) electrons.